The number of fused-ring (bicyclic) bond motifs is 7. The molecule has 0 spiro atoms. The first-order chi connectivity index (χ1) is 27.3. The van der Waals surface area contributed by atoms with Gasteiger partial charge in [-0.2, -0.15) is 15.2 Å². The molecule has 5 aliphatic heterocycles. The van der Waals surface area contributed by atoms with E-state index in [0.29, 0.717) is 22.3 Å². The number of thiophene rings is 1. The Kier molecular flexibility index (Phi) is 9.14. The molecule has 4 atom stereocenters. The van der Waals surface area contributed by atoms with E-state index in [9.17, 15) is 20.0 Å². The molecule has 3 aromatic heterocycles. The Balaban J connectivity index is 1.22. The van der Waals surface area contributed by atoms with Crippen LogP contribution in [0.2, 0.25) is 0 Å². The van der Waals surface area contributed by atoms with Gasteiger partial charge in [0.2, 0.25) is 0 Å². The molecule has 300 valence electrons. The van der Waals surface area contributed by atoms with Gasteiger partial charge in [-0.3, -0.25) is 15.2 Å². The number of carboxylic acid groups (broad SMARTS) is 1. The molecule has 5 aliphatic rings. The average Bonchev–Trinajstić information content (AvgIpc) is 3.98. The quantitative estimate of drug-likeness (QED) is 0.210. The normalized spacial score (nSPS) is 24.3. The third-order valence-electron chi connectivity index (χ3n) is 12.0. The summed E-state index contributed by atoms with van der Waals surface area (Å²) in [4.78, 5) is 44.9. The van der Waals surface area contributed by atoms with Crippen molar-refractivity contribution in [1.82, 2.24) is 24.8 Å². The number of rotatable bonds is 7. The number of nitrogens with one attached hydrogen (secondary N) is 1. The van der Waals surface area contributed by atoms with Crippen LogP contribution in [0.15, 0.2) is 6.20 Å². The minimum absolute atomic E-state index is 0.00125. The van der Waals surface area contributed by atoms with Crippen molar-refractivity contribution < 1.29 is 42.4 Å². The Morgan fingerprint density at radius 2 is 1.89 bits per heavy atom. The van der Waals surface area contributed by atoms with Crippen molar-refractivity contribution in [2.24, 2.45) is 0 Å². The Bertz CT molecular complexity index is 2370. The fourth-order valence-corrected chi connectivity index (χ4v) is 10.6. The number of piperazine rings is 1. The highest BCUT2D eigenvalue weighted by molar-refractivity contribution is 7.23. The Hall–Kier alpha value is -4.96. The van der Waals surface area contributed by atoms with E-state index >= 15 is 8.78 Å². The number of nitriles is 1. The molecule has 4 aromatic rings. The second-order valence-corrected chi connectivity index (χ2v) is 17.5. The van der Waals surface area contributed by atoms with Crippen LogP contribution in [-0.4, -0.2) is 111 Å². The van der Waals surface area contributed by atoms with Crippen LogP contribution in [-0.2, 0) is 27.4 Å². The predicted octanol–water partition coefficient (Wildman–Crippen LogP) is 6.40. The fraction of sp³-hybridized carbons (Fsp3) is 0.538. The van der Waals surface area contributed by atoms with E-state index in [1.807, 2.05) is 0 Å². The molecule has 9 rings (SSSR count). The first kappa shape index (κ1) is 37.6. The Morgan fingerprint density at radius 3 is 2.60 bits per heavy atom. The zero-order valence-electron chi connectivity index (χ0n) is 32.0. The van der Waals surface area contributed by atoms with Gasteiger partial charge < -0.3 is 33.9 Å². The van der Waals surface area contributed by atoms with Crippen molar-refractivity contribution >= 4 is 55.3 Å². The smallest absolute Gasteiger partial charge is 0.412 e. The number of amides is 2. The van der Waals surface area contributed by atoms with E-state index < -0.39 is 29.4 Å². The minimum atomic E-state index is -0.993. The number of hydrogen-bond donors (Lipinski definition) is 2. The van der Waals surface area contributed by atoms with E-state index in [-0.39, 0.29) is 100 Å². The number of nitrogens with zero attached hydrogens (tertiary/aromatic N) is 7. The van der Waals surface area contributed by atoms with E-state index in [1.165, 1.54) is 4.90 Å². The highest BCUT2D eigenvalue weighted by atomic mass is 32.1. The van der Waals surface area contributed by atoms with Gasteiger partial charge in [0.15, 0.2) is 11.6 Å². The molecule has 8 heterocycles. The van der Waals surface area contributed by atoms with Gasteiger partial charge in [0.05, 0.1) is 52.4 Å². The molecular formula is C39H42F2N8O7S. The molecule has 0 saturated carbocycles. The summed E-state index contributed by atoms with van der Waals surface area (Å²) in [5.74, 6) is -1.09. The van der Waals surface area contributed by atoms with Crippen molar-refractivity contribution in [2.75, 3.05) is 50.1 Å². The second kappa shape index (κ2) is 13.9. The number of methoxy groups -OCH3 is 1. The third-order valence-corrected chi connectivity index (χ3v) is 13.1. The van der Waals surface area contributed by atoms with Crippen molar-refractivity contribution in [1.29, 1.82) is 5.26 Å². The molecule has 57 heavy (non-hydrogen) atoms. The maximum Gasteiger partial charge on any atom is 0.412 e. The number of likely N-dealkylation sites (tertiary alicyclic amines) is 1. The lowest BCUT2D eigenvalue weighted by molar-refractivity contribution is 0.0636. The lowest BCUT2D eigenvalue weighted by Crippen LogP contribution is -2.55. The van der Waals surface area contributed by atoms with Gasteiger partial charge in [-0.1, -0.05) is 0 Å². The Morgan fingerprint density at radius 1 is 1.14 bits per heavy atom. The summed E-state index contributed by atoms with van der Waals surface area (Å²) >= 11 is 0.827. The van der Waals surface area contributed by atoms with Crippen LogP contribution in [0.5, 0.6) is 6.01 Å². The summed E-state index contributed by atoms with van der Waals surface area (Å²) in [5.41, 5.74) is -0.238. The summed E-state index contributed by atoms with van der Waals surface area (Å²) < 4.78 is 57.0. The maximum absolute atomic E-state index is 17.8. The zero-order valence-corrected chi connectivity index (χ0v) is 32.8. The first-order valence-corrected chi connectivity index (χ1v) is 19.9. The molecule has 2 bridgehead atoms. The monoisotopic (exact) mass is 804 g/mol. The standard InChI is InChI=1S/C39H42F2N8O7S/c1-38(2,3)56-36(50)46-34-22(11-42)27-30(43-12-25(40)32(27)57-34)26-23-16-54-17-24(23)28-31(29(26)41)44-35(55-18-39-8-5-9-48(39)15-21(10-39)53-4)45-33(28)49-19-6-7-20(49)14-47(13-19)37(51)52/h12,19-21H,5-10,13-18H2,1-4H3,(H,46,50)(H,51,52)/t19?,20?,21-,39+/m1/s1. The van der Waals surface area contributed by atoms with Gasteiger partial charge in [-0.05, 0) is 70.5 Å². The molecular weight excluding hydrogens is 763 g/mol. The van der Waals surface area contributed by atoms with Crippen molar-refractivity contribution in [3.8, 4) is 23.3 Å². The predicted molar refractivity (Wildman–Crippen MR) is 204 cm³/mol. The summed E-state index contributed by atoms with van der Waals surface area (Å²) in [7, 11) is 1.71. The maximum atomic E-state index is 17.8. The highest BCUT2D eigenvalue weighted by Gasteiger charge is 2.50. The topological polar surface area (TPSA) is 175 Å². The number of benzene rings is 1. The number of ether oxygens (including phenoxy) is 4. The molecule has 4 fully saturated rings. The average molecular weight is 805 g/mol. The Labute approximate surface area is 330 Å². The van der Waals surface area contributed by atoms with Gasteiger partial charge in [-0.15, -0.1) is 11.3 Å². The molecule has 18 heteroatoms. The van der Waals surface area contributed by atoms with Crippen LogP contribution in [0, 0.1) is 23.0 Å². The van der Waals surface area contributed by atoms with Crippen LogP contribution in [0.3, 0.4) is 0 Å². The zero-order chi connectivity index (χ0) is 40.0. The van der Waals surface area contributed by atoms with Gasteiger partial charge in [0.1, 0.15) is 34.6 Å². The molecule has 1 aromatic carbocycles. The van der Waals surface area contributed by atoms with Crippen LogP contribution in [0.4, 0.5) is 29.2 Å². The number of pyridine rings is 1. The number of carbonyl (C=O) groups excluding carboxylic acids is 1. The first-order valence-electron chi connectivity index (χ1n) is 19.1. The largest absolute Gasteiger partial charge is 0.465 e. The van der Waals surface area contributed by atoms with E-state index in [4.69, 9.17) is 28.9 Å². The van der Waals surface area contributed by atoms with Crippen LogP contribution in [0.25, 0.3) is 32.2 Å². The summed E-state index contributed by atoms with van der Waals surface area (Å²) in [6.45, 7) is 7.62. The van der Waals surface area contributed by atoms with Crippen LogP contribution < -0.4 is 15.0 Å². The third kappa shape index (κ3) is 6.26. The lowest BCUT2D eigenvalue weighted by atomic mass is 9.93. The van der Waals surface area contributed by atoms with E-state index in [1.54, 1.807) is 27.9 Å². The van der Waals surface area contributed by atoms with Crippen molar-refractivity contribution in [2.45, 2.75) is 95.4 Å². The second-order valence-electron chi connectivity index (χ2n) is 16.5. The van der Waals surface area contributed by atoms with Gasteiger partial charge in [0, 0.05) is 49.8 Å². The summed E-state index contributed by atoms with van der Waals surface area (Å²) in [6, 6.07) is 1.61. The number of carbonyl (C=O) groups is 2. The summed E-state index contributed by atoms with van der Waals surface area (Å²) in [5, 5.41) is 23.4. The van der Waals surface area contributed by atoms with Crippen molar-refractivity contribution in [3.63, 3.8) is 0 Å². The molecule has 4 saturated heterocycles. The highest BCUT2D eigenvalue weighted by Crippen LogP contribution is 2.49. The van der Waals surface area contributed by atoms with Crippen LogP contribution >= 0.6 is 11.3 Å². The van der Waals surface area contributed by atoms with Crippen molar-refractivity contribution in [3.05, 3.63) is 34.5 Å². The molecule has 0 aliphatic carbocycles. The number of anilines is 2. The number of hydrogen-bond acceptors (Lipinski definition) is 13. The number of aromatic nitrogens is 3. The van der Waals surface area contributed by atoms with Crippen LogP contribution in [0.1, 0.15) is 69.6 Å². The van der Waals surface area contributed by atoms with Gasteiger partial charge in [-0.25, -0.2) is 18.4 Å². The SMILES string of the molecule is CO[C@H]1CN2CCC[C@@]2(COc2nc(N3C4CCC3CN(C(=O)O)C4)c3c4c(c(-c5ncc(F)c6sc(NC(=O)OC(C)(C)C)c(C#N)c56)c(F)c3n2)COC4)C1. The number of halogens is 2. The molecule has 15 nitrogen and oxygen atoms in total. The molecule has 2 amide bonds. The molecule has 2 N–H and O–H groups in total. The van der Waals surface area contributed by atoms with Gasteiger partial charge >= 0.3 is 18.2 Å². The van der Waals surface area contributed by atoms with Gasteiger partial charge in [0.25, 0.3) is 0 Å². The lowest BCUT2D eigenvalue weighted by Gasteiger charge is -2.41. The molecule has 2 unspecified atom stereocenters. The summed E-state index contributed by atoms with van der Waals surface area (Å²) in [6.07, 6.45) is 3.32. The fourth-order valence-electron chi connectivity index (χ4n) is 9.57. The molecule has 0 radical (unpaired) electrons. The van der Waals surface area contributed by atoms with E-state index in [2.05, 4.69) is 26.2 Å². The minimum Gasteiger partial charge on any atom is -0.465 e. The van der Waals surface area contributed by atoms with E-state index in [0.717, 1.165) is 62.7 Å².